The minimum Gasteiger partial charge on any atom is -0.490 e. The number of nitrogens with two attached hydrogens (primary N) is 1. The lowest BCUT2D eigenvalue weighted by atomic mass is 10.1. The van der Waals surface area contributed by atoms with E-state index in [0.717, 1.165) is 11.5 Å². The van der Waals surface area contributed by atoms with Gasteiger partial charge < -0.3 is 10.5 Å². The summed E-state index contributed by atoms with van der Waals surface area (Å²) in [6.07, 6.45) is 4.04. The molecule has 1 atom stereocenters. The third kappa shape index (κ3) is 2.98. The molecule has 2 aromatic rings. The van der Waals surface area contributed by atoms with Crippen LogP contribution in [0.4, 0.5) is 0 Å². The number of thioether (sulfide) groups is 1. The molecule has 0 bridgehead atoms. The second kappa shape index (κ2) is 5.67. The minimum atomic E-state index is -0.0134. The second-order valence-corrected chi connectivity index (χ2v) is 8.04. The fourth-order valence-electron chi connectivity index (χ4n) is 2.62. The molecular weight excluding hydrogens is 298 g/mol. The van der Waals surface area contributed by atoms with E-state index in [-0.39, 0.29) is 6.04 Å². The molecule has 0 radical (unpaired) electrons. The van der Waals surface area contributed by atoms with E-state index < -0.39 is 0 Å². The molecule has 2 N–H and O–H groups in total. The molecule has 2 aliphatic rings. The summed E-state index contributed by atoms with van der Waals surface area (Å²) in [5.41, 5.74) is 9.12. The van der Waals surface area contributed by atoms with Gasteiger partial charge in [-0.15, -0.1) is 11.3 Å². The van der Waals surface area contributed by atoms with Gasteiger partial charge in [-0.25, -0.2) is 0 Å². The van der Waals surface area contributed by atoms with Crippen molar-refractivity contribution in [1.29, 1.82) is 0 Å². The van der Waals surface area contributed by atoms with Crippen molar-refractivity contribution in [2.75, 3.05) is 5.75 Å². The van der Waals surface area contributed by atoms with Crippen LogP contribution in [0.15, 0.2) is 30.3 Å². The lowest BCUT2D eigenvalue weighted by Gasteiger charge is -2.11. The quantitative estimate of drug-likeness (QED) is 0.921. The van der Waals surface area contributed by atoms with Crippen LogP contribution in [0.5, 0.6) is 5.75 Å². The van der Waals surface area contributed by atoms with Crippen LogP contribution in [0.1, 0.15) is 39.8 Å². The topological polar surface area (TPSA) is 35.2 Å². The van der Waals surface area contributed by atoms with Crippen molar-refractivity contribution >= 4 is 23.1 Å². The summed E-state index contributed by atoms with van der Waals surface area (Å²) >= 11 is 3.91. The zero-order valence-corrected chi connectivity index (χ0v) is 13.5. The summed E-state index contributed by atoms with van der Waals surface area (Å²) in [4.78, 5) is 2.83. The molecule has 0 amide bonds. The number of ether oxygens (including phenoxy) is 1. The Balaban J connectivity index is 1.52. The third-order valence-corrected chi connectivity index (χ3v) is 6.35. The monoisotopic (exact) mass is 317 g/mol. The van der Waals surface area contributed by atoms with Crippen molar-refractivity contribution < 1.29 is 4.74 Å². The second-order valence-electron chi connectivity index (χ2n) is 5.76. The molecule has 2 nitrogen and oxygen atoms in total. The first-order chi connectivity index (χ1) is 10.3. The van der Waals surface area contributed by atoms with Gasteiger partial charge in [-0.1, -0.05) is 12.1 Å². The Morgan fingerprint density at radius 2 is 2.00 bits per heavy atom. The van der Waals surface area contributed by atoms with Gasteiger partial charge in [-0.3, -0.25) is 0 Å². The van der Waals surface area contributed by atoms with Crippen LogP contribution in [-0.2, 0) is 12.2 Å². The van der Waals surface area contributed by atoms with Crippen LogP contribution in [0.25, 0.3) is 0 Å². The maximum absolute atomic E-state index is 6.45. The third-order valence-electron chi connectivity index (χ3n) is 4.02. The number of hydrogen-bond donors (Lipinski definition) is 1. The molecule has 1 aliphatic heterocycles. The molecule has 4 heteroatoms. The molecule has 0 spiro atoms. The van der Waals surface area contributed by atoms with Crippen molar-refractivity contribution in [1.82, 2.24) is 0 Å². The van der Waals surface area contributed by atoms with Gasteiger partial charge >= 0.3 is 0 Å². The van der Waals surface area contributed by atoms with Crippen molar-refractivity contribution in [3.8, 4) is 5.75 Å². The number of thiophene rings is 1. The predicted molar refractivity (Wildman–Crippen MR) is 90.3 cm³/mol. The highest BCUT2D eigenvalue weighted by Crippen LogP contribution is 2.36. The first-order valence-corrected chi connectivity index (χ1v) is 9.48. The van der Waals surface area contributed by atoms with Gasteiger partial charge in [0.25, 0.3) is 0 Å². The van der Waals surface area contributed by atoms with Crippen LogP contribution < -0.4 is 10.5 Å². The molecule has 1 aromatic heterocycles. The summed E-state index contributed by atoms with van der Waals surface area (Å²) in [5.74, 6) is 3.36. The number of rotatable bonds is 4. The lowest BCUT2D eigenvalue weighted by molar-refractivity contribution is 0.303. The Morgan fingerprint density at radius 3 is 2.71 bits per heavy atom. The van der Waals surface area contributed by atoms with Gasteiger partial charge in [-0.05, 0) is 54.3 Å². The summed E-state index contributed by atoms with van der Waals surface area (Å²) < 4.78 is 5.79. The van der Waals surface area contributed by atoms with E-state index in [9.17, 15) is 0 Å². The molecule has 2 heterocycles. The van der Waals surface area contributed by atoms with Gasteiger partial charge in [0.05, 0.1) is 12.1 Å². The fraction of sp³-hybridized carbons (Fsp3) is 0.412. The average molecular weight is 317 g/mol. The first-order valence-electron chi connectivity index (χ1n) is 7.51. The summed E-state index contributed by atoms with van der Waals surface area (Å²) in [6.45, 7) is 0. The van der Waals surface area contributed by atoms with E-state index in [1.807, 2.05) is 23.1 Å². The largest absolute Gasteiger partial charge is 0.490 e. The predicted octanol–water partition coefficient (Wildman–Crippen LogP) is 4.13. The van der Waals surface area contributed by atoms with Gasteiger partial charge in [0.1, 0.15) is 5.75 Å². The Bertz CT molecular complexity index is 607. The smallest absolute Gasteiger partial charge is 0.119 e. The van der Waals surface area contributed by atoms with Gasteiger partial charge in [-0.2, -0.15) is 11.8 Å². The molecular formula is C17H19NOS2. The maximum atomic E-state index is 6.45. The Labute approximate surface area is 133 Å². The molecule has 110 valence electrons. The molecule has 0 saturated heterocycles. The molecule has 1 aromatic carbocycles. The average Bonchev–Trinajstić information content (AvgIpc) is 3.22. The summed E-state index contributed by atoms with van der Waals surface area (Å²) in [6, 6.07) is 10.6. The van der Waals surface area contributed by atoms with Crippen molar-refractivity contribution in [3.05, 3.63) is 51.2 Å². The molecule has 1 unspecified atom stereocenters. The zero-order valence-electron chi connectivity index (χ0n) is 11.9. The Hall–Kier alpha value is -0.970. The fourth-order valence-corrected chi connectivity index (χ4v) is 5.03. The van der Waals surface area contributed by atoms with E-state index in [1.165, 1.54) is 45.9 Å². The van der Waals surface area contributed by atoms with Crippen LogP contribution in [0, 0.1) is 0 Å². The number of aryl methyl sites for hydroxylation is 1. The van der Waals surface area contributed by atoms with E-state index in [4.69, 9.17) is 10.5 Å². The molecule has 1 aliphatic carbocycles. The Kier molecular flexibility index (Phi) is 3.69. The van der Waals surface area contributed by atoms with E-state index >= 15 is 0 Å². The standard InChI is InChI=1S/C17H19NOS2/c18-17(16-9-12-10-20-8-7-15(12)21-16)11-1-3-13(4-2-11)19-14-5-6-14/h1-4,9,14,17H,5-8,10,18H2. The maximum Gasteiger partial charge on any atom is 0.119 e. The zero-order chi connectivity index (χ0) is 14.2. The summed E-state index contributed by atoms with van der Waals surface area (Å²) in [7, 11) is 0. The highest BCUT2D eigenvalue weighted by atomic mass is 32.2. The SMILES string of the molecule is NC(c1ccc(OC2CC2)cc1)c1cc2c(s1)CCSC2. The van der Waals surface area contributed by atoms with Crippen LogP contribution >= 0.6 is 23.1 Å². The minimum absolute atomic E-state index is 0.0134. The molecule has 21 heavy (non-hydrogen) atoms. The first kappa shape index (κ1) is 13.7. The van der Waals surface area contributed by atoms with Crippen LogP contribution in [-0.4, -0.2) is 11.9 Å². The van der Waals surface area contributed by atoms with E-state index in [1.54, 1.807) is 0 Å². The van der Waals surface area contributed by atoms with Crippen LogP contribution in [0.3, 0.4) is 0 Å². The van der Waals surface area contributed by atoms with E-state index in [2.05, 4.69) is 30.3 Å². The van der Waals surface area contributed by atoms with Crippen molar-refractivity contribution in [2.24, 2.45) is 5.73 Å². The van der Waals surface area contributed by atoms with Gasteiger partial charge in [0.15, 0.2) is 0 Å². The number of benzene rings is 1. The van der Waals surface area contributed by atoms with Crippen molar-refractivity contribution in [3.63, 3.8) is 0 Å². The molecule has 1 fully saturated rings. The molecule has 1 saturated carbocycles. The highest BCUT2D eigenvalue weighted by Gasteiger charge is 2.23. The van der Waals surface area contributed by atoms with Crippen LogP contribution in [0.2, 0.25) is 0 Å². The number of fused-ring (bicyclic) bond motifs is 1. The summed E-state index contributed by atoms with van der Waals surface area (Å²) in [5, 5.41) is 0. The Morgan fingerprint density at radius 1 is 1.19 bits per heavy atom. The number of hydrogen-bond acceptors (Lipinski definition) is 4. The van der Waals surface area contributed by atoms with Gasteiger partial charge in [0, 0.05) is 15.5 Å². The lowest BCUT2D eigenvalue weighted by Crippen LogP contribution is -2.10. The highest BCUT2D eigenvalue weighted by molar-refractivity contribution is 7.98. The van der Waals surface area contributed by atoms with E-state index in [0.29, 0.717) is 6.10 Å². The molecule has 4 rings (SSSR count). The normalized spacial score (nSPS) is 19.1. The van der Waals surface area contributed by atoms with Gasteiger partial charge in [0.2, 0.25) is 0 Å². The van der Waals surface area contributed by atoms with Crippen molar-refractivity contribution in [2.45, 2.75) is 37.2 Å².